The second kappa shape index (κ2) is 9.06. The lowest BCUT2D eigenvalue weighted by atomic mass is 10.1. The molecule has 0 radical (unpaired) electrons. The summed E-state index contributed by atoms with van der Waals surface area (Å²) in [5, 5.41) is 13.2. The van der Waals surface area contributed by atoms with E-state index in [1.165, 1.54) is 47.9 Å². The Bertz CT molecular complexity index is 1110. The Labute approximate surface area is 183 Å². The highest BCUT2D eigenvalue weighted by molar-refractivity contribution is 6.52. The third kappa shape index (κ3) is 4.54. The average Bonchev–Trinajstić information content (AvgIpc) is 3.03. The molecule has 164 valence electrons. The van der Waals surface area contributed by atoms with E-state index in [2.05, 4.69) is 15.2 Å². The van der Waals surface area contributed by atoms with Crippen molar-refractivity contribution in [1.82, 2.24) is 4.90 Å². The first-order valence-corrected chi connectivity index (χ1v) is 10.2. The van der Waals surface area contributed by atoms with Crippen LogP contribution in [-0.4, -0.2) is 53.5 Å². The molecular weight excluding hydrogens is 414 g/mol. The second-order valence-corrected chi connectivity index (χ2v) is 7.65. The quantitative estimate of drug-likeness (QED) is 0.333. The van der Waals surface area contributed by atoms with Crippen molar-refractivity contribution in [1.29, 1.82) is 0 Å². The number of benzene rings is 2. The van der Waals surface area contributed by atoms with Crippen molar-refractivity contribution < 1.29 is 19.3 Å². The number of piperidine rings is 1. The van der Waals surface area contributed by atoms with Crippen LogP contribution in [0.5, 0.6) is 0 Å². The highest BCUT2D eigenvalue weighted by Gasteiger charge is 2.37. The van der Waals surface area contributed by atoms with E-state index in [1.807, 2.05) is 0 Å². The van der Waals surface area contributed by atoms with E-state index in [1.54, 1.807) is 12.1 Å². The van der Waals surface area contributed by atoms with Gasteiger partial charge in [0.2, 0.25) is 0 Å². The van der Waals surface area contributed by atoms with Gasteiger partial charge < -0.3 is 5.32 Å². The summed E-state index contributed by atoms with van der Waals surface area (Å²) >= 11 is 0. The Morgan fingerprint density at radius 1 is 1.09 bits per heavy atom. The molecule has 0 unspecified atom stereocenters. The number of amides is 3. The van der Waals surface area contributed by atoms with E-state index in [9.17, 15) is 24.5 Å². The topological polar surface area (TPSA) is 125 Å². The SMILES string of the molecule is O=C(/N=C/c1ccc([N+](=O)[O-])cc1)Nc1ccc2c(c1)C(=O)C(=O)N2CN1CCCCC1. The van der Waals surface area contributed by atoms with Crippen LogP contribution in [0.4, 0.5) is 21.9 Å². The van der Waals surface area contributed by atoms with Crippen LogP contribution in [-0.2, 0) is 4.79 Å². The number of nitrogens with zero attached hydrogens (tertiary/aromatic N) is 4. The maximum absolute atomic E-state index is 12.5. The summed E-state index contributed by atoms with van der Waals surface area (Å²) in [6, 6.07) is 9.66. The van der Waals surface area contributed by atoms with Gasteiger partial charge in [0, 0.05) is 24.0 Å². The maximum atomic E-state index is 12.5. The number of fused-ring (bicyclic) bond motifs is 1. The molecule has 0 aromatic heterocycles. The number of carbonyl (C=O) groups excluding carboxylic acids is 3. The largest absolute Gasteiger partial charge is 0.345 e. The highest BCUT2D eigenvalue weighted by atomic mass is 16.6. The number of hydrogen-bond donors (Lipinski definition) is 1. The number of aliphatic imine (C=N–C) groups is 1. The average molecular weight is 435 g/mol. The minimum atomic E-state index is -0.676. The summed E-state index contributed by atoms with van der Waals surface area (Å²) in [7, 11) is 0. The van der Waals surface area contributed by atoms with Gasteiger partial charge in [0.1, 0.15) is 0 Å². The zero-order chi connectivity index (χ0) is 22.7. The van der Waals surface area contributed by atoms with Gasteiger partial charge in [-0.3, -0.25) is 29.5 Å². The van der Waals surface area contributed by atoms with Gasteiger partial charge in [-0.1, -0.05) is 6.42 Å². The number of hydrogen-bond acceptors (Lipinski definition) is 6. The lowest BCUT2D eigenvalue weighted by Gasteiger charge is -2.30. The van der Waals surface area contributed by atoms with Gasteiger partial charge in [0.25, 0.3) is 11.5 Å². The first kappa shape index (κ1) is 21.3. The van der Waals surface area contributed by atoms with Crippen LogP contribution in [0.2, 0.25) is 0 Å². The fourth-order valence-electron chi connectivity index (χ4n) is 3.79. The number of anilines is 2. The Hall–Kier alpha value is -3.92. The third-order valence-electron chi connectivity index (χ3n) is 5.45. The summed E-state index contributed by atoms with van der Waals surface area (Å²) in [4.78, 5) is 54.7. The molecule has 3 amide bonds. The molecule has 10 heteroatoms. The van der Waals surface area contributed by atoms with Crippen LogP contribution in [0, 0.1) is 10.1 Å². The highest BCUT2D eigenvalue weighted by Crippen LogP contribution is 2.32. The number of rotatable bonds is 5. The molecule has 2 aromatic carbocycles. The molecule has 2 aromatic rings. The number of nitrogens with one attached hydrogen (secondary N) is 1. The molecule has 32 heavy (non-hydrogen) atoms. The molecule has 2 aliphatic rings. The number of Topliss-reactive ketones (excluding diaryl/α,β-unsaturated/α-hetero) is 1. The van der Waals surface area contributed by atoms with Crippen LogP contribution in [0.25, 0.3) is 0 Å². The molecule has 0 bridgehead atoms. The summed E-state index contributed by atoms with van der Waals surface area (Å²) in [5.41, 5.74) is 1.60. The van der Waals surface area contributed by atoms with Crippen molar-refractivity contribution in [3.8, 4) is 0 Å². The molecule has 1 fully saturated rings. The van der Waals surface area contributed by atoms with Gasteiger partial charge >= 0.3 is 11.9 Å². The van der Waals surface area contributed by atoms with E-state index in [0.29, 0.717) is 23.6 Å². The van der Waals surface area contributed by atoms with Gasteiger partial charge in [-0.05, 0) is 61.8 Å². The Morgan fingerprint density at radius 2 is 1.81 bits per heavy atom. The van der Waals surface area contributed by atoms with E-state index in [4.69, 9.17) is 0 Å². The van der Waals surface area contributed by atoms with E-state index < -0.39 is 22.6 Å². The van der Waals surface area contributed by atoms with Crippen molar-refractivity contribution in [2.45, 2.75) is 19.3 Å². The van der Waals surface area contributed by atoms with Crippen molar-refractivity contribution in [2.75, 3.05) is 30.0 Å². The van der Waals surface area contributed by atoms with Gasteiger partial charge in [-0.2, -0.15) is 0 Å². The molecule has 2 aliphatic heterocycles. The second-order valence-electron chi connectivity index (χ2n) is 7.65. The van der Waals surface area contributed by atoms with Crippen molar-refractivity contribution in [3.63, 3.8) is 0 Å². The first-order chi connectivity index (χ1) is 15.4. The van der Waals surface area contributed by atoms with Crippen LogP contribution in [0.15, 0.2) is 47.5 Å². The lowest BCUT2D eigenvalue weighted by Crippen LogP contribution is -2.43. The van der Waals surface area contributed by atoms with Crippen molar-refractivity contribution in [2.24, 2.45) is 4.99 Å². The predicted octanol–water partition coefficient (Wildman–Crippen LogP) is 3.22. The van der Waals surface area contributed by atoms with Crippen molar-refractivity contribution >= 4 is 41.0 Å². The van der Waals surface area contributed by atoms with Gasteiger partial charge in [-0.25, -0.2) is 9.79 Å². The molecule has 0 atom stereocenters. The molecule has 1 saturated heterocycles. The van der Waals surface area contributed by atoms with Gasteiger partial charge in [-0.15, -0.1) is 0 Å². The number of urea groups is 1. The van der Waals surface area contributed by atoms with Gasteiger partial charge in [0.05, 0.1) is 22.8 Å². The summed E-state index contributed by atoms with van der Waals surface area (Å²) in [5.74, 6) is -1.16. The van der Waals surface area contributed by atoms with Crippen LogP contribution in [0.3, 0.4) is 0 Å². The number of carbonyl (C=O) groups is 3. The maximum Gasteiger partial charge on any atom is 0.345 e. The fourth-order valence-corrected chi connectivity index (χ4v) is 3.79. The summed E-state index contributed by atoms with van der Waals surface area (Å²) in [6.07, 6.45) is 4.61. The van der Waals surface area contributed by atoms with Crippen LogP contribution >= 0.6 is 0 Å². The lowest BCUT2D eigenvalue weighted by molar-refractivity contribution is -0.384. The number of nitro groups is 1. The smallest absolute Gasteiger partial charge is 0.306 e. The Morgan fingerprint density at radius 3 is 2.50 bits per heavy atom. The molecular formula is C22H21N5O5. The molecule has 0 saturated carbocycles. The minimum absolute atomic E-state index is 0.0571. The molecule has 2 heterocycles. The zero-order valence-corrected chi connectivity index (χ0v) is 17.2. The molecule has 4 rings (SSSR count). The standard InChI is InChI=1S/C22H21N5O5/c28-20-18-12-16(24-22(30)23-13-15-4-7-17(8-5-15)27(31)32)6-9-19(18)26(21(20)29)14-25-10-2-1-3-11-25/h4-9,12-13H,1-3,10-11,14H2,(H,24,30)/b23-13+. The number of ketones is 1. The molecule has 10 nitrogen and oxygen atoms in total. The van der Waals surface area contributed by atoms with E-state index in [-0.39, 0.29) is 11.3 Å². The monoisotopic (exact) mass is 435 g/mol. The number of likely N-dealkylation sites (tertiary alicyclic amines) is 1. The molecule has 0 aliphatic carbocycles. The fraction of sp³-hybridized carbons (Fsp3) is 0.273. The van der Waals surface area contributed by atoms with E-state index in [0.717, 1.165) is 25.9 Å². The van der Waals surface area contributed by atoms with Crippen molar-refractivity contribution in [3.05, 3.63) is 63.7 Å². The van der Waals surface area contributed by atoms with Crippen LogP contribution in [0.1, 0.15) is 35.2 Å². The predicted molar refractivity (Wildman–Crippen MR) is 118 cm³/mol. The zero-order valence-electron chi connectivity index (χ0n) is 17.2. The summed E-state index contributed by atoms with van der Waals surface area (Å²) < 4.78 is 0. The number of nitro benzene ring substituents is 1. The molecule has 0 spiro atoms. The van der Waals surface area contributed by atoms with E-state index >= 15 is 0 Å². The third-order valence-corrected chi connectivity index (χ3v) is 5.45. The first-order valence-electron chi connectivity index (χ1n) is 10.2. The minimum Gasteiger partial charge on any atom is -0.306 e. The summed E-state index contributed by atoms with van der Waals surface area (Å²) in [6.45, 7) is 2.17. The molecule has 1 N–H and O–H groups in total. The van der Waals surface area contributed by atoms with Crippen LogP contribution < -0.4 is 10.2 Å². The Balaban J connectivity index is 1.43. The normalized spacial score (nSPS) is 16.4. The number of non-ortho nitro benzene ring substituents is 1. The van der Waals surface area contributed by atoms with Gasteiger partial charge in [0.15, 0.2) is 0 Å². The Kier molecular flexibility index (Phi) is 6.04.